The van der Waals surface area contributed by atoms with Crippen molar-refractivity contribution < 1.29 is 17.6 Å². The molecule has 0 saturated carbocycles. The third-order valence-corrected chi connectivity index (χ3v) is 5.74. The number of hydrogen-bond acceptors (Lipinski definition) is 4. The lowest BCUT2D eigenvalue weighted by atomic mass is 10.2. The fourth-order valence-electron chi connectivity index (χ4n) is 2.24. The number of nitrogens with one attached hydrogen (secondary N) is 2. The number of amides is 1. The number of carbonyl (C=O) groups excluding carboxylic acids is 1. The minimum atomic E-state index is -3.77. The average molecular weight is 425 g/mol. The van der Waals surface area contributed by atoms with Gasteiger partial charge in [-0.25, -0.2) is 13.1 Å². The SMILES string of the molecule is O=C(Nc1cccc(S(=O)(=O)NCc2ccco2)c1)c1ccc(Cl)c(Cl)c1. The van der Waals surface area contributed by atoms with Gasteiger partial charge >= 0.3 is 0 Å². The summed E-state index contributed by atoms with van der Waals surface area (Å²) < 4.78 is 32.4. The predicted octanol–water partition coefficient (Wildman–Crippen LogP) is 4.32. The summed E-state index contributed by atoms with van der Waals surface area (Å²) in [6.45, 7) is 0.0230. The molecule has 0 bridgehead atoms. The monoisotopic (exact) mass is 424 g/mol. The molecule has 0 aliphatic carbocycles. The Hall–Kier alpha value is -2.32. The Morgan fingerprint density at radius 2 is 1.81 bits per heavy atom. The molecule has 9 heteroatoms. The molecule has 0 fully saturated rings. The van der Waals surface area contributed by atoms with Crippen LogP contribution in [0, 0.1) is 0 Å². The lowest BCUT2D eigenvalue weighted by Gasteiger charge is -2.09. The highest BCUT2D eigenvalue weighted by molar-refractivity contribution is 7.89. The lowest BCUT2D eigenvalue weighted by molar-refractivity contribution is 0.102. The van der Waals surface area contributed by atoms with Crippen molar-refractivity contribution in [3.8, 4) is 0 Å². The summed E-state index contributed by atoms with van der Waals surface area (Å²) >= 11 is 11.8. The minimum absolute atomic E-state index is 0.0148. The fraction of sp³-hybridized carbons (Fsp3) is 0.0556. The van der Waals surface area contributed by atoms with Crippen molar-refractivity contribution in [1.29, 1.82) is 0 Å². The number of hydrogen-bond donors (Lipinski definition) is 2. The summed E-state index contributed by atoms with van der Waals surface area (Å²) in [5.74, 6) is 0.0503. The van der Waals surface area contributed by atoms with Crippen molar-refractivity contribution in [2.24, 2.45) is 0 Å². The normalized spacial score (nSPS) is 11.3. The highest BCUT2D eigenvalue weighted by Crippen LogP contribution is 2.23. The Balaban J connectivity index is 1.74. The highest BCUT2D eigenvalue weighted by Gasteiger charge is 2.16. The first-order valence-electron chi connectivity index (χ1n) is 7.74. The Morgan fingerprint density at radius 1 is 1.00 bits per heavy atom. The zero-order chi connectivity index (χ0) is 19.4. The maximum atomic E-state index is 12.4. The molecule has 2 N–H and O–H groups in total. The van der Waals surface area contributed by atoms with E-state index in [1.165, 1.54) is 42.7 Å². The average Bonchev–Trinajstić information content (AvgIpc) is 3.16. The van der Waals surface area contributed by atoms with E-state index in [4.69, 9.17) is 27.6 Å². The second-order valence-electron chi connectivity index (χ2n) is 5.51. The second-order valence-corrected chi connectivity index (χ2v) is 8.10. The van der Waals surface area contributed by atoms with E-state index in [0.29, 0.717) is 22.0 Å². The molecule has 0 unspecified atom stereocenters. The van der Waals surface area contributed by atoms with Gasteiger partial charge in [0.2, 0.25) is 10.0 Å². The number of furan rings is 1. The van der Waals surface area contributed by atoms with Gasteiger partial charge in [0.25, 0.3) is 5.91 Å². The van der Waals surface area contributed by atoms with E-state index < -0.39 is 15.9 Å². The summed E-state index contributed by atoms with van der Waals surface area (Å²) in [6, 6.07) is 13.7. The smallest absolute Gasteiger partial charge is 0.255 e. The van der Waals surface area contributed by atoms with Crippen LogP contribution in [0.3, 0.4) is 0 Å². The molecule has 2 aromatic carbocycles. The van der Waals surface area contributed by atoms with Crippen molar-refractivity contribution in [2.75, 3.05) is 5.32 Å². The maximum Gasteiger partial charge on any atom is 0.255 e. The molecule has 3 aromatic rings. The van der Waals surface area contributed by atoms with Gasteiger partial charge in [0.1, 0.15) is 5.76 Å². The molecule has 0 aliphatic heterocycles. The number of sulfonamides is 1. The van der Waals surface area contributed by atoms with E-state index in [-0.39, 0.29) is 16.5 Å². The van der Waals surface area contributed by atoms with Crippen molar-refractivity contribution >= 4 is 44.8 Å². The van der Waals surface area contributed by atoms with E-state index in [9.17, 15) is 13.2 Å². The molecule has 0 spiro atoms. The van der Waals surface area contributed by atoms with Gasteiger partial charge in [0.15, 0.2) is 0 Å². The predicted molar refractivity (Wildman–Crippen MR) is 104 cm³/mol. The maximum absolute atomic E-state index is 12.4. The largest absolute Gasteiger partial charge is 0.468 e. The first-order chi connectivity index (χ1) is 12.8. The zero-order valence-corrected chi connectivity index (χ0v) is 16.1. The minimum Gasteiger partial charge on any atom is -0.468 e. The van der Waals surface area contributed by atoms with Crippen LogP contribution in [-0.4, -0.2) is 14.3 Å². The van der Waals surface area contributed by atoms with Crippen LogP contribution in [0.5, 0.6) is 0 Å². The summed E-state index contributed by atoms with van der Waals surface area (Å²) in [4.78, 5) is 12.3. The Kier molecular flexibility index (Phi) is 5.86. The van der Waals surface area contributed by atoms with Crippen LogP contribution in [0.4, 0.5) is 5.69 Å². The number of rotatable bonds is 6. The van der Waals surface area contributed by atoms with Gasteiger partial charge < -0.3 is 9.73 Å². The van der Waals surface area contributed by atoms with Crippen LogP contribution in [0.2, 0.25) is 10.0 Å². The molecule has 140 valence electrons. The van der Waals surface area contributed by atoms with E-state index in [1.54, 1.807) is 18.2 Å². The number of benzene rings is 2. The fourth-order valence-corrected chi connectivity index (χ4v) is 3.58. The molecule has 27 heavy (non-hydrogen) atoms. The van der Waals surface area contributed by atoms with E-state index >= 15 is 0 Å². The van der Waals surface area contributed by atoms with Crippen molar-refractivity contribution in [2.45, 2.75) is 11.4 Å². The molecule has 0 aliphatic rings. The van der Waals surface area contributed by atoms with Gasteiger partial charge in [-0.2, -0.15) is 0 Å². The van der Waals surface area contributed by atoms with Gasteiger partial charge in [0, 0.05) is 11.3 Å². The molecule has 0 atom stereocenters. The summed E-state index contributed by atoms with van der Waals surface area (Å²) in [6.07, 6.45) is 1.46. The van der Waals surface area contributed by atoms with Crippen molar-refractivity contribution in [3.05, 3.63) is 82.2 Å². The molecule has 0 saturated heterocycles. The Bertz CT molecular complexity index is 1070. The molecule has 1 aromatic heterocycles. The molecule has 6 nitrogen and oxygen atoms in total. The second kappa shape index (κ2) is 8.14. The Morgan fingerprint density at radius 3 is 2.52 bits per heavy atom. The quantitative estimate of drug-likeness (QED) is 0.616. The molecule has 3 rings (SSSR count). The molecular formula is C18H14Cl2N2O4S. The number of halogens is 2. The summed E-state index contributed by atoms with van der Waals surface area (Å²) in [5.41, 5.74) is 0.626. The number of anilines is 1. The van der Waals surface area contributed by atoms with Gasteiger partial charge in [0.05, 0.1) is 27.7 Å². The third kappa shape index (κ3) is 4.90. The molecular weight excluding hydrogens is 411 g/mol. The van der Waals surface area contributed by atoms with Gasteiger partial charge in [-0.05, 0) is 48.5 Å². The van der Waals surface area contributed by atoms with Gasteiger partial charge in [-0.15, -0.1) is 0 Å². The summed E-state index contributed by atoms with van der Waals surface area (Å²) in [5, 5.41) is 3.23. The van der Waals surface area contributed by atoms with E-state index in [0.717, 1.165) is 0 Å². The van der Waals surface area contributed by atoms with E-state index in [1.807, 2.05) is 0 Å². The number of carbonyl (C=O) groups is 1. The first-order valence-corrected chi connectivity index (χ1v) is 9.97. The molecule has 1 heterocycles. The van der Waals surface area contributed by atoms with Gasteiger partial charge in [-0.3, -0.25) is 4.79 Å². The van der Waals surface area contributed by atoms with E-state index in [2.05, 4.69) is 10.0 Å². The highest BCUT2D eigenvalue weighted by atomic mass is 35.5. The topological polar surface area (TPSA) is 88.4 Å². The van der Waals surface area contributed by atoms with Crippen LogP contribution in [0.15, 0.2) is 70.2 Å². The van der Waals surface area contributed by atoms with Crippen LogP contribution >= 0.6 is 23.2 Å². The molecule has 0 radical (unpaired) electrons. The third-order valence-electron chi connectivity index (χ3n) is 3.60. The van der Waals surface area contributed by atoms with Crippen LogP contribution in [0.25, 0.3) is 0 Å². The molecule has 1 amide bonds. The van der Waals surface area contributed by atoms with Crippen LogP contribution in [0.1, 0.15) is 16.1 Å². The first kappa shape index (κ1) is 19.4. The zero-order valence-electron chi connectivity index (χ0n) is 13.8. The standard InChI is InChI=1S/C18H14Cl2N2O4S/c19-16-7-6-12(9-17(16)20)18(23)22-13-3-1-5-15(10-13)27(24,25)21-11-14-4-2-8-26-14/h1-10,21H,11H2,(H,22,23). The van der Waals surface area contributed by atoms with Gasteiger partial charge in [-0.1, -0.05) is 29.3 Å². The van der Waals surface area contributed by atoms with Crippen molar-refractivity contribution in [1.82, 2.24) is 4.72 Å². The lowest BCUT2D eigenvalue weighted by Crippen LogP contribution is -2.23. The summed E-state index contributed by atoms with van der Waals surface area (Å²) in [7, 11) is -3.77. The van der Waals surface area contributed by atoms with Crippen LogP contribution in [-0.2, 0) is 16.6 Å². The van der Waals surface area contributed by atoms with Crippen molar-refractivity contribution in [3.63, 3.8) is 0 Å². The van der Waals surface area contributed by atoms with Crippen LogP contribution < -0.4 is 10.0 Å². The Labute approximate surface area is 166 Å².